The number of hydrogen-bond acceptors (Lipinski definition) is 6. The van der Waals surface area contributed by atoms with Crippen molar-refractivity contribution in [3.63, 3.8) is 0 Å². The molecule has 0 bridgehead atoms. The third kappa shape index (κ3) is 9.98. The van der Waals surface area contributed by atoms with Crippen LogP contribution in [0.15, 0.2) is 42.6 Å². The van der Waals surface area contributed by atoms with Crippen LogP contribution in [-0.4, -0.2) is 76.3 Å². The van der Waals surface area contributed by atoms with Crippen molar-refractivity contribution in [3.05, 3.63) is 65.5 Å². The molecule has 40 heavy (non-hydrogen) atoms. The molecule has 1 spiro atoms. The van der Waals surface area contributed by atoms with Crippen LogP contribution in [-0.2, 0) is 32.2 Å². The molecule has 0 aliphatic carbocycles. The van der Waals surface area contributed by atoms with Gasteiger partial charge in [0.25, 0.3) is 0 Å². The van der Waals surface area contributed by atoms with Crippen LogP contribution < -0.4 is 0 Å². The van der Waals surface area contributed by atoms with E-state index in [4.69, 9.17) is 29.3 Å². The Balaban J connectivity index is 0.000000333. The molecule has 2 fully saturated rings. The first-order chi connectivity index (χ1) is 18.5. The maximum atomic E-state index is 13.3. The van der Waals surface area contributed by atoms with Gasteiger partial charge in [-0.3, -0.25) is 9.88 Å². The Morgan fingerprint density at radius 2 is 1.60 bits per heavy atom. The predicted molar refractivity (Wildman–Crippen MR) is 120 cm³/mol. The van der Waals surface area contributed by atoms with E-state index in [-0.39, 0.29) is 5.60 Å². The topological polar surface area (TPSA) is 109 Å². The largest absolute Gasteiger partial charge is 0.490 e. The Morgan fingerprint density at radius 3 is 2.10 bits per heavy atom. The molecule has 2 saturated heterocycles. The summed E-state index contributed by atoms with van der Waals surface area (Å²) in [5.41, 5.74) is 1.54. The van der Waals surface area contributed by atoms with E-state index < -0.39 is 35.9 Å². The van der Waals surface area contributed by atoms with E-state index in [0.29, 0.717) is 25.7 Å². The van der Waals surface area contributed by atoms with Crippen molar-refractivity contribution >= 4 is 11.9 Å². The quantitative estimate of drug-likeness (QED) is 0.478. The van der Waals surface area contributed by atoms with E-state index >= 15 is 0 Å². The van der Waals surface area contributed by atoms with E-state index in [1.54, 1.807) is 12.3 Å². The van der Waals surface area contributed by atoms with Crippen LogP contribution in [0.5, 0.6) is 0 Å². The van der Waals surface area contributed by atoms with Gasteiger partial charge >= 0.3 is 24.3 Å². The smallest absolute Gasteiger partial charge is 0.475 e. The molecule has 8 nitrogen and oxygen atoms in total. The maximum Gasteiger partial charge on any atom is 0.490 e. The van der Waals surface area contributed by atoms with E-state index in [2.05, 4.69) is 9.88 Å². The number of benzene rings is 1. The van der Waals surface area contributed by atoms with E-state index in [9.17, 15) is 35.1 Å². The highest BCUT2D eigenvalue weighted by Crippen LogP contribution is 2.40. The van der Waals surface area contributed by atoms with Gasteiger partial charge in [0.05, 0.1) is 24.5 Å². The molecule has 1 aromatic carbocycles. The van der Waals surface area contributed by atoms with Crippen LogP contribution in [0.2, 0.25) is 0 Å². The van der Waals surface area contributed by atoms with Crippen LogP contribution in [0.3, 0.4) is 0 Å². The van der Waals surface area contributed by atoms with Gasteiger partial charge in [-0.05, 0) is 36.2 Å². The number of pyridine rings is 1. The first-order valence-electron chi connectivity index (χ1n) is 11.4. The molecule has 0 saturated carbocycles. The molecular formula is C24H24F8N2O6. The Hall–Kier alpha value is -3.37. The number of aliphatic carboxylic acids is 2. The lowest BCUT2D eigenvalue weighted by atomic mass is 9.81. The molecule has 1 aromatic heterocycles. The van der Waals surface area contributed by atoms with Crippen LogP contribution in [0.25, 0.3) is 0 Å². The summed E-state index contributed by atoms with van der Waals surface area (Å²) in [5.74, 6) is -6.76. The summed E-state index contributed by atoms with van der Waals surface area (Å²) >= 11 is 0. The first-order valence-corrected chi connectivity index (χ1v) is 11.4. The summed E-state index contributed by atoms with van der Waals surface area (Å²) in [5, 5.41) is 14.2. The normalized spacial score (nSPS) is 18.1. The lowest BCUT2D eigenvalue weighted by molar-refractivity contribution is -0.193. The molecule has 0 amide bonds. The van der Waals surface area contributed by atoms with Crippen molar-refractivity contribution in [3.8, 4) is 0 Å². The molecule has 2 aliphatic heterocycles. The van der Waals surface area contributed by atoms with Crippen molar-refractivity contribution < 1.29 is 64.4 Å². The SMILES string of the molecule is Fc1ccc(CN2CC3(C2)OCCC3COCc2ccccn2)cc1F.O=C(O)C(F)(F)F.O=C(O)C(F)(F)F. The molecule has 1 atom stereocenters. The van der Waals surface area contributed by atoms with Crippen molar-refractivity contribution in [1.29, 1.82) is 0 Å². The Labute approximate surface area is 222 Å². The molecule has 2 N–H and O–H groups in total. The van der Waals surface area contributed by atoms with Crippen LogP contribution in [0.4, 0.5) is 35.1 Å². The van der Waals surface area contributed by atoms with Crippen molar-refractivity contribution in [2.24, 2.45) is 5.92 Å². The van der Waals surface area contributed by atoms with Crippen LogP contribution in [0.1, 0.15) is 17.7 Å². The summed E-state index contributed by atoms with van der Waals surface area (Å²) in [7, 11) is 0. The third-order valence-electron chi connectivity index (χ3n) is 5.75. The summed E-state index contributed by atoms with van der Waals surface area (Å²) in [6, 6.07) is 9.87. The lowest BCUT2D eigenvalue weighted by Crippen LogP contribution is -2.64. The monoisotopic (exact) mass is 588 g/mol. The minimum Gasteiger partial charge on any atom is -0.475 e. The molecule has 2 aliphatic rings. The second kappa shape index (κ2) is 13.8. The molecule has 4 rings (SSSR count). The van der Waals surface area contributed by atoms with Crippen molar-refractivity contribution in [2.45, 2.75) is 37.5 Å². The van der Waals surface area contributed by atoms with E-state index in [1.165, 1.54) is 12.1 Å². The minimum absolute atomic E-state index is 0.164. The van der Waals surface area contributed by atoms with Crippen LogP contribution >= 0.6 is 0 Å². The highest BCUT2D eigenvalue weighted by Gasteiger charge is 2.52. The number of aromatic nitrogens is 1. The van der Waals surface area contributed by atoms with Gasteiger partial charge in [-0.2, -0.15) is 26.3 Å². The molecule has 3 heterocycles. The maximum absolute atomic E-state index is 13.3. The lowest BCUT2D eigenvalue weighted by Gasteiger charge is -2.50. The summed E-state index contributed by atoms with van der Waals surface area (Å²) in [6.45, 7) is 4.09. The van der Waals surface area contributed by atoms with Gasteiger partial charge in [0, 0.05) is 38.4 Å². The number of ether oxygens (including phenoxy) is 2. The Bertz CT molecular complexity index is 1100. The Kier molecular flexibility index (Phi) is 11.3. The number of halogens is 8. The molecular weight excluding hydrogens is 564 g/mol. The van der Waals surface area contributed by atoms with Gasteiger partial charge in [-0.25, -0.2) is 18.4 Å². The fourth-order valence-electron chi connectivity index (χ4n) is 3.88. The van der Waals surface area contributed by atoms with E-state index in [1.807, 2.05) is 18.2 Å². The van der Waals surface area contributed by atoms with Gasteiger partial charge in [-0.15, -0.1) is 0 Å². The standard InChI is InChI=1S/C20H22F2N2O2.2C2HF3O2/c21-18-5-4-15(9-19(18)22)10-24-13-20(14-24)16(6-8-26-20)11-25-12-17-3-1-2-7-23-17;2*3-2(4,5)1(6)7/h1-5,7,9,16H,6,8,10-14H2;2*(H,6,7). The number of likely N-dealkylation sites (tertiary alicyclic amines) is 1. The van der Waals surface area contributed by atoms with Crippen molar-refractivity contribution in [2.75, 3.05) is 26.3 Å². The second-order valence-electron chi connectivity index (χ2n) is 8.73. The van der Waals surface area contributed by atoms with Crippen LogP contribution in [0, 0.1) is 17.6 Å². The average Bonchev–Trinajstić information content (AvgIpc) is 3.25. The number of carboxylic acids is 2. The molecule has 222 valence electrons. The summed E-state index contributed by atoms with van der Waals surface area (Å²) in [4.78, 5) is 24.3. The first kappa shape index (κ1) is 32.8. The zero-order valence-corrected chi connectivity index (χ0v) is 20.5. The molecule has 0 radical (unpaired) electrons. The van der Waals surface area contributed by atoms with Gasteiger partial charge < -0.3 is 19.7 Å². The zero-order valence-electron chi connectivity index (χ0n) is 20.5. The number of rotatable bonds is 6. The number of alkyl halides is 6. The second-order valence-corrected chi connectivity index (χ2v) is 8.73. The fraction of sp³-hybridized carbons (Fsp3) is 0.458. The fourth-order valence-corrected chi connectivity index (χ4v) is 3.88. The number of carbonyl (C=O) groups is 2. The number of carboxylic acid groups (broad SMARTS) is 2. The minimum atomic E-state index is -5.08. The Morgan fingerprint density at radius 1 is 1.00 bits per heavy atom. The number of hydrogen-bond donors (Lipinski definition) is 2. The van der Waals surface area contributed by atoms with Gasteiger partial charge in [0.2, 0.25) is 0 Å². The number of nitrogens with zero attached hydrogens (tertiary/aromatic N) is 2. The molecule has 1 unspecified atom stereocenters. The third-order valence-corrected chi connectivity index (χ3v) is 5.75. The van der Waals surface area contributed by atoms with Gasteiger partial charge in [0.15, 0.2) is 11.6 Å². The van der Waals surface area contributed by atoms with Crippen molar-refractivity contribution in [1.82, 2.24) is 9.88 Å². The summed E-state index contributed by atoms with van der Waals surface area (Å²) in [6.07, 6.45) is -7.41. The summed E-state index contributed by atoms with van der Waals surface area (Å²) < 4.78 is 102. The van der Waals surface area contributed by atoms with Gasteiger partial charge in [-0.1, -0.05) is 12.1 Å². The molecule has 16 heteroatoms. The van der Waals surface area contributed by atoms with Gasteiger partial charge in [0.1, 0.15) is 0 Å². The highest BCUT2D eigenvalue weighted by atomic mass is 19.4. The highest BCUT2D eigenvalue weighted by molar-refractivity contribution is 5.73. The molecule has 2 aromatic rings. The van der Waals surface area contributed by atoms with E-state index in [0.717, 1.165) is 37.4 Å². The predicted octanol–water partition coefficient (Wildman–Crippen LogP) is 4.43. The average molecular weight is 588 g/mol. The zero-order chi connectivity index (χ0) is 30.1.